The Hall–Kier alpha value is -7.50. The van der Waals surface area contributed by atoms with Crippen molar-refractivity contribution in [3.8, 4) is 11.5 Å². The molecule has 1 unspecified atom stereocenters. The second-order valence-corrected chi connectivity index (χ2v) is 16.5. The van der Waals surface area contributed by atoms with Gasteiger partial charge >= 0.3 is 5.97 Å². The van der Waals surface area contributed by atoms with Gasteiger partial charge in [-0.2, -0.15) is 50.7 Å². The molecule has 1 aliphatic rings. The van der Waals surface area contributed by atoms with Crippen molar-refractivity contribution in [1.82, 2.24) is 0 Å². The first-order valence-electron chi connectivity index (χ1n) is 16.3. The Balaban J connectivity index is 1.33. The fourth-order valence-corrected chi connectivity index (χ4v) is 7.31. The van der Waals surface area contributed by atoms with Gasteiger partial charge < -0.3 is 15.3 Å². The van der Waals surface area contributed by atoms with Gasteiger partial charge in [-0.1, -0.05) is 6.07 Å². The third-order valence-electron chi connectivity index (χ3n) is 8.37. The Bertz CT molecular complexity index is 3190. The van der Waals surface area contributed by atoms with Gasteiger partial charge in [-0.05, 0) is 79.0 Å². The van der Waals surface area contributed by atoms with E-state index in [0.717, 1.165) is 71.7 Å². The molecule has 25 nitrogen and oxygen atoms in total. The van der Waals surface area contributed by atoms with Crippen LogP contribution in [0.4, 0.5) is 39.8 Å². The molecule has 0 radical (unpaired) electrons. The van der Waals surface area contributed by atoms with Crippen LogP contribution in [0.1, 0.15) is 17.3 Å². The molecular weight excluding hydrogens is 875 g/mol. The molecule has 5 aromatic rings. The van der Waals surface area contributed by atoms with Crippen LogP contribution < -0.4 is 5.01 Å². The van der Waals surface area contributed by atoms with Gasteiger partial charge in [0.05, 0.1) is 38.0 Å². The number of benzene rings is 5. The van der Waals surface area contributed by atoms with E-state index in [2.05, 4.69) is 35.8 Å². The SMILES string of the molecule is CC1=NN(c2ccc(S(=O)(=O)O)cc2)C(=O)C1N=Nc1ccc(N=Nc2c(S(=O)(=O)O)cc3ccc(N=Nc4ccc([N+](=O)[O-])c(C(=O)O)c4)c(O)c3c2O)c(S(=O)(=O)O)c1. The molecular formula is C33H23N9O16S3. The minimum Gasteiger partial charge on any atom is -0.505 e. The molecule has 0 fully saturated rings. The van der Waals surface area contributed by atoms with Gasteiger partial charge in [0.15, 0.2) is 17.5 Å². The van der Waals surface area contributed by atoms with Crippen molar-refractivity contribution in [3.63, 3.8) is 0 Å². The Morgan fingerprint density at radius 3 is 1.95 bits per heavy atom. The highest BCUT2D eigenvalue weighted by molar-refractivity contribution is 7.86. The first-order valence-corrected chi connectivity index (χ1v) is 20.6. The topological polar surface area (TPSA) is 391 Å². The molecule has 0 saturated heterocycles. The van der Waals surface area contributed by atoms with Crippen molar-refractivity contribution in [2.75, 3.05) is 5.01 Å². The molecule has 0 saturated carbocycles. The zero-order chi connectivity index (χ0) is 44.8. The molecule has 1 aliphatic heterocycles. The molecule has 0 spiro atoms. The number of aromatic hydroxyl groups is 2. The maximum absolute atomic E-state index is 13.1. The smallest absolute Gasteiger partial charge is 0.342 e. The average molecular weight is 898 g/mol. The summed E-state index contributed by atoms with van der Waals surface area (Å²) in [7, 11) is -15.0. The monoisotopic (exact) mass is 897 g/mol. The Kier molecular flexibility index (Phi) is 11.3. The number of rotatable bonds is 12. The summed E-state index contributed by atoms with van der Waals surface area (Å²) in [6.45, 7) is 1.41. The van der Waals surface area contributed by atoms with Crippen LogP contribution in [0.15, 0.2) is 129 Å². The van der Waals surface area contributed by atoms with Crippen molar-refractivity contribution >= 4 is 98.5 Å². The van der Waals surface area contributed by atoms with Gasteiger partial charge in [0.1, 0.15) is 32.4 Å². The second-order valence-electron chi connectivity index (χ2n) is 12.3. The molecule has 1 amide bonds. The normalized spacial score (nSPS) is 15.1. The van der Waals surface area contributed by atoms with Crippen molar-refractivity contribution in [3.05, 3.63) is 94.5 Å². The lowest BCUT2D eigenvalue weighted by atomic mass is 10.1. The summed E-state index contributed by atoms with van der Waals surface area (Å²) in [6.07, 6.45) is 0. The van der Waals surface area contributed by atoms with Crippen LogP contribution in [-0.2, 0) is 35.1 Å². The predicted octanol–water partition coefficient (Wildman–Crippen LogP) is 6.30. The standard InChI is InChI=1S/C33H23N9O16S3/c1-15-28(32(45)41(40-15)19-5-7-20(8-6-19)59(50,51)52)38-35-18-3-10-22(25(14-18)60(53,54)55)36-39-29-26(61(56,57)58)12-16-2-9-23(30(43)27(16)31(29)44)37-34-17-4-11-24(42(48)49)21(13-17)33(46)47/h2-14,28,43-44H,1H3,(H,46,47)(H,50,51,52)(H,53,54,55)(H,56,57,58). The van der Waals surface area contributed by atoms with Gasteiger partial charge in [-0.15, -0.1) is 15.3 Å². The highest BCUT2D eigenvalue weighted by Crippen LogP contribution is 2.48. The number of phenols is 2. The van der Waals surface area contributed by atoms with Crippen molar-refractivity contribution in [2.24, 2.45) is 35.8 Å². The number of carbonyl (C=O) groups is 2. The fraction of sp³-hybridized carbons (Fsp3) is 0.0606. The number of carboxylic acids is 1. The second kappa shape index (κ2) is 15.9. The molecule has 0 bridgehead atoms. The lowest BCUT2D eigenvalue weighted by Crippen LogP contribution is -2.29. The molecule has 0 aromatic heterocycles. The lowest BCUT2D eigenvalue weighted by Gasteiger charge is -2.12. The van der Waals surface area contributed by atoms with Crippen LogP contribution in [0.25, 0.3) is 10.8 Å². The summed E-state index contributed by atoms with van der Waals surface area (Å²) in [5.74, 6) is -4.42. The van der Waals surface area contributed by atoms with Gasteiger partial charge in [0.2, 0.25) is 0 Å². The van der Waals surface area contributed by atoms with Crippen LogP contribution >= 0.6 is 0 Å². The number of nitro groups is 1. The summed E-state index contributed by atoms with van der Waals surface area (Å²) in [4.78, 5) is 32.3. The molecule has 5 aromatic carbocycles. The fourth-order valence-electron chi connectivity index (χ4n) is 5.53. The number of carboxylic acid groups (broad SMARTS) is 1. The van der Waals surface area contributed by atoms with Crippen molar-refractivity contribution in [2.45, 2.75) is 27.7 Å². The van der Waals surface area contributed by atoms with Crippen LogP contribution in [0, 0.1) is 10.1 Å². The maximum atomic E-state index is 13.1. The largest absolute Gasteiger partial charge is 0.505 e. The van der Waals surface area contributed by atoms with Crippen LogP contribution in [0.5, 0.6) is 11.5 Å². The first-order chi connectivity index (χ1) is 28.4. The van der Waals surface area contributed by atoms with Crippen LogP contribution in [0.3, 0.4) is 0 Å². The number of amides is 1. The third kappa shape index (κ3) is 8.92. The van der Waals surface area contributed by atoms with Gasteiger partial charge in [0, 0.05) is 6.07 Å². The van der Waals surface area contributed by atoms with E-state index in [0.29, 0.717) is 0 Å². The van der Waals surface area contributed by atoms with Gasteiger partial charge in [-0.3, -0.25) is 28.6 Å². The first kappa shape index (κ1) is 43.1. The number of fused-ring (bicyclic) bond motifs is 1. The molecule has 28 heteroatoms. The van der Waals surface area contributed by atoms with Gasteiger partial charge in [0.25, 0.3) is 41.9 Å². The van der Waals surface area contributed by atoms with E-state index in [1.54, 1.807) is 0 Å². The molecule has 1 atom stereocenters. The molecule has 61 heavy (non-hydrogen) atoms. The average Bonchev–Trinajstić information content (AvgIpc) is 3.46. The number of carbonyl (C=O) groups excluding carboxylic acids is 1. The Labute approximate surface area is 340 Å². The number of hydrazone groups is 1. The van der Waals surface area contributed by atoms with E-state index in [1.165, 1.54) is 19.1 Å². The summed E-state index contributed by atoms with van der Waals surface area (Å²) < 4.78 is 102. The maximum Gasteiger partial charge on any atom is 0.342 e. The number of azo groups is 3. The van der Waals surface area contributed by atoms with E-state index in [-0.39, 0.29) is 28.2 Å². The van der Waals surface area contributed by atoms with E-state index in [1.807, 2.05) is 0 Å². The minimum atomic E-state index is -5.24. The zero-order valence-corrected chi connectivity index (χ0v) is 32.5. The number of hydrogen-bond acceptors (Lipinski definition) is 19. The predicted molar refractivity (Wildman–Crippen MR) is 207 cm³/mol. The molecule has 1 heterocycles. The number of nitrogens with zero attached hydrogens (tertiary/aromatic N) is 9. The highest BCUT2D eigenvalue weighted by atomic mass is 32.2. The summed E-state index contributed by atoms with van der Waals surface area (Å²) in [6, 6.07) is 11.5. The summed E-state index contributed by atoms with van der Waals surface area (Å²) in [5.41, 5.74) is -3.89. The number of nitro benzene ring substituents is 1. The van der Waals surface area contributed by atoms with E-state index in [4.69, 9.17) is 0 Å². The lowest BCUT2D eigenvalue weighted by molar-refractivity contribution is -0.385. The van der Waals surface area contributed by atoms with Gasteiger partial charge in [-0.25, -0.2) is 4.79 Å². The number of phenolic OH excluding ortho intramolecular Hbond substituents is 2. The van der Waals surface area contributed by atoms with E-state index in [9.17, 15) is 73.9 Å². The molecule has 6 rings (SSSR count). The minimum absolute atomic E-state index is 0.103. The van der Waals surface area contributed by atoms with Crippen LogP contribution in [0.2, 0.25) is 0 Å². The van der Waals surface area contributed by atoms with Crippen molar-refractivity contribution in [1.29, 1.82) is 0 Å². The summed E-state index contributed by atoms with van der Waals surface area (Å²) >= 11 is 0. The van der Waals surface area contributed by atoms with E-state index >= 15 is 0 Å². The molecule has 6 N–H and O–H groups in total. The quantitative estimate of drug-likeness (QED) is 0.0346. The van der Waals surface area contributed by atoms with Crippen molar-refractivity contribution < 1.29 is 68.7 Å². The zero-order valence-electron chi connectivity index (χ0n) is 30.1. The highest BCUT2D eigenvalue weighted by Gasteiger charge is 2.35. The van der Waals surface area contributed by atoms with Crippen LogP contribution in [-0.4, -0.2) is 82.8 Å². The van der Waals surface area contributed by atoms with E-state index < -0.39 is 113 Å². The summed E-state index contributed by atoms with van der Waals surface area (Å²) in [5, 5.41) is 69.5. The number of anilines is 1. The third-order valence-corrected chi connectivity index (χ3v) is 11.0. The Morgan fingerprint density at radius 1 is 0.738 bits per heavy atom. The number of hydrogen-bond donors (Lipinski definition) is 6. The number of aromatic carboxylic acids is 1. The molecule has 314 valence electrons. The Morgan fingerprint density at radius 2 is 1.34 bits per heavy atom. The molecule has 0 aliphatic carbocycles.